The van der Waals surface area contributed by atoms with E-state index >= 15 is 0 Å². The van der Waals surface area contributed by atoms with Gasteiger partial charge in [-0.05, 0) is 25.9 Å². The molecule has 5 nitrogen and oxygen atoms in total. The first kappa shape index (κ1) is 15.1. The molecule has 0 saturated carbocycles. The molecule has 0 aliphatic carbocycles. The van der Waals surface area contributed by atoms with E-state index in [0.717, 1.165) is 44.8 Å². The number of aliphatic hydroxyl groups excluding tert-OH is 1. The first-order valence-electron chi connectivity index (χ1n) is 6.98. The number of hydrogen-bond acceptors (Lipinski definition) is 4. The van der Waals surface area contributed by atoms with Crippen LogP contribution in [-0.4, -0.2) is 50.5 Å². The van der Waals surface area contributed by atoms with E-state index in [0.29, 0.717) is 6.42 Å². The fourth-order valence-corrected chi connectivity index (χ4v) is 2.03. The molecule has 18 heavy (non-hydrogen) atoms. The Balaban J connectivity index is 2.39. The summed E-state index contributed by atoms with van der Waals surface area (Å²) in [5.41, 5.74) is 0. The first-order chi connectivity index (χ1) is 8.71. The van der Waals surface area contributed by atoms with Gasteiger partial charge in [0.05, 0.1) is 6.10 Å². The smallest absolute Gasteiger partial charge is 0.138 e. The molecule has 0 spiro atoms. The Morgan fingerprint density at radius 3 is 2.67 bits per heavy atom. The van der Waals surface area contributed by atoms with Crippen molar-refractivity contribution in [2.24, 2.45) is 0 Å². The normalized spacial score (nSPS) is 13.2. The van der Waals surface area contributed by atoms with E-state index < -0.39 is 0 Å². The van der Waals surface area contributed by atoms with Gasteiger partial charge in [-0.25, -0.2) is 4.98 Å². The maximum atomic E-state index is 10.0. The van der Waals surface area contributed by atoms with Gasteiger partial charge in [-0.2, -0.15) is 5.10 Å². The largest absolute Gasteiger partial charge is 0.393 e. The van der Waals surface area contributed by atoms with E-state index in [4.69, 9.17) is 0 Å². The Morgan fingerprint density at radius 1 is 1.33 bits per heavy atom. The van der Waals surface area contributed by atoms with Crippen LogP contribution < -0.4 is 0 Å². The zero-order valence-electron chi connectivity index (χ0n) is 11.8. The Hall–Kier alpha value is -0.940. The van der Waals surface area contributed by atoms with Crippen molar-refractivity contribution in [2.45, 2.75) is 52.7 Å². The van der Waals surface area contributed by atoms with Gasteiger partial charge in [-0.15, -0.1) is 0 Å². The molecular formula is C13H26N4O. The van der Waals surface area contributed by atoms with Gasteiger partial charge in [-0.1, -0.05) is 20.8 Å². The maximum Gasteiger partial charge on any atom is 0.138 e. The summed E-state index contributed by atoms with van der Waals surface area (Å²) in [5.74, 6) is 0.892. The van der Waals surface area contributed by atoms with Crippen LogP contribution in [0.2, 0.25) is 0 Å². The second-order valence-corrected chi connectivity index (χ2v) is 4.57. The summed E-state index contributed by atoms with van der Waals surface area (Å²) in [6, 6.07) is 0. The fourth-order valence-electron chi connectivity index (χ4n) is 2.03. The van der Waals surface area contributed by atoms with Gasteiger partial charge < -0.3 is 10.0 Å². The van der Waals surface area contributed by atoms with Gasteiger partial charge in [0.2, 0.25) is 0 Å². The van der Waals surface area contributed by atoms with Crippen LogP contribution in [0.4, 0.5) is 0 Å². The lowest BCUT2D eigenvalue weighted by molar-refractivity contribution is 0.140. The molecule has 104 valence electrons. The van der Waals surface area contributed by atoms with Crippen molar-refractivity contribution >= 4 is 0 Å². The van der Waals surface area contributed by atoms with E-state index in [1.54, 1.807) is 6.33 Å². The molecule has 0 saturated heterocycles. The van der Waals surface area contributed by atoms with Crippen molar-refractivity contribution in [1.29, 1.82) is 0 Å². The highest BCUT2D eigenvalue weighted by atomic mass is 16.3. The van der Waals surface area contributed by atoms with Gasteiger partial charge in [-0.3, -0.25) is 4.68 Å². The van der Waals surface area contributed by atoms with Gasteiger partial charge in [0.25, 0.3) is 0 Å². The Morgan fingerprint density at radius 2 is 2.06 bits per heavy atom. The monoisotopic (exact) mass is 254 g/mol. The lowest BCUT2D eigenvalue weighted by atomic mass is 10.1. The zero-order valence-corrected chi connectivity index (χ0v) is 11.8. The highest BCUT2D eigenvalue weighted by molar-refractivity contribution is 4.87. The molecule has 1 heterocycles. The standard InChI is InChI=1S/C13H26N4O/c1-4-8-17-13(14-11-15-17)10-12(18)7-9-16(5-2)6-3/h11-12,18H,4-10H2,1-3H3. The summed E-state index contributed by atoms with van der Waals surface area (Å²) in [6.07, 6.45) is 3.67. The van der Waals surface area contributed by atoms with E-state index in [1.807, 2.05) is 4.68 Å². The zero-order chi connectivity index (χ0) is 13.4. The number of nitrogens with zero attached hydrogens (tertiary/aromatic N) is 4. The Labute approximate surface area is 110 Å². The minimum Gasteiger partial charge on any atom is -0.393 e. The SMILES string of the molecule is CCCn1ncnc1CC(O)CCN(CC)CC. The van der Waals surface area contributed by atoms with E-state index in [2.05, 4.69) is 35.8 Å². The van der Waals surface area contributed by atoms with Crippen molar-refractivity contribution < 1.29 is 5.11 Å². The summed E-state index contributed by atoms with van der Waals surface area (Å²) in [6.45, 7) is 10.3. The number of aromatic nitrogens is 3. The number of rotatable bonds is 9. The Bertz CT molecular complexity index is 323. The Kier molecular flexibility index (Phi) is 6.90. The summed E-state index contributed by atoms with van der Waals surface area (Å²) < 4.78 is 1.89. The van der Waals surface area contributed by atoms with E-state index in [-0.39, 0.29) is 6.10 Å². The third kappa shape index (κ3) is 4.74. The molecule has 0 aromatic carbocycles. The molecule has 0 aliphatic rings. The number of aliphatic hydroxyl groups is 1. The molecular weight excluding hydrogens is 228 g/mol. The van der Waals surface area contributed by atoms with Crippen molar-refractivity contribution in [3.05, 3.63) is 12.2 Å². The summed E-state index contributed by atoms with van der Waals surface area (Å²) in [5, 5.41) is 14.2. The van der Waals surface area contributed by atoms with Gasteiger partial charge in [0.1, 0.15) is 12.2 Å². The van der Waals surface area contributed by atoms with E-state index in [9.17, 15) is 5.11 Å². The second kappa shape index (κ2) is 8.21. The van der Waals surface area contributed by atoms with Crippen molar-refractivity contribution in [2.75, 3.05) is 19.6 Å². The van der Waals surface area contributed by atoms with Crippen molar-refractivity contribution in [1.82, 2.24) is 19.7 Å². The molecule has 1 N–H and O–H groups in total. The van der Waals surface area contributed by atoms with Gasteiger partial charge in [0.15, 0.2) is 0 Å². The fraction of sp³-hybridized carbons (Fsp3) is 0.846. The summed E-state index contributed by atoms with van der Waals surface area (Å²) in [4.78, 5) is 6.54. The van der Waals surface area contributed by atoms with Gasteiger partial charge in [0, 0.05) is 19.5 Å². The van der Waals surface area contributed by atoms with Crippen LogP contribution in [0.1, 0.15) is 39.4 Å². The van der Waals surface area contributed by atoms with Crippen LogP contribution in [0.25, 0.3) is 0 Å². The quantitative estimate of drug-likeness (QED) is 0.722. The molecule has 1 rings (SSSR count). The molecule has 0 bridgehead atoms. The minimum atomic E-state index is -0.328. The van der Waals surface area contributed by atoms with Crippen LogP contribution in [0.5, 0.6) is 0 Å². The molecule has 5 heteroatoms. The van der Waals surface area contributed by atoms with Crippen LogP contribution in [-0.2, 0) is 13.0 Å². The number of aryl methyl sites for hydroxylation is 1. The number of hydrogen-bond donors (Lipinski definition) is 1. The second-order valence-electron chi connectivity index (χ2n) is 4.57. The summed E-state index contributed by atoms with van der Waals surface area (Å²) >= 11 is 0. The molecule has 0 radical (unpaired) electrons. The van der Waals surface area contributed by atoms with Gasteiger partial charge >= 0.3 is 0 Å². The van der Waals surface area contributed by atoms with Crippen LogP contribution >= 0.6 is 0 Å². The highest BCUT2D eigenvalue weighted by Gasteiger charge is 2.12. The third-order valence-corrected chi connectivity index (χ3v) is 3.22. The molecule has 0 amide bonds. The highest BCUT2D eigenvalue weighted by Crippen LogP contribution is 2.05. The molecule has 1 unspecified atom stereocenters. The van der Waals surface area contributed by atoms with Crippen molar-refractivity contribution in [3.63, 3.8) is 0 Å². The lowest BCUT2D eigenvalue weighted by Gasteiger charge is -2.19. The maximum absolute atomic E-state index is 10.0. The molecule has 0 aliphatic heterocycles. The van der Waals surface area contributed by atoms with Crippen molar-refractivity contribution in [3.8, 4) is 0 Å². The lowest BCUT2D eigenvalue weighted by Crippen LogP contribution is -2.28. The molecule has 1 aromatic heterocycles. The predicted molar refractivity (Wildman–Crippen MR) is 72.4 cm³/mol. The van der Waals surface area contributed by atoms with Crippen LogP contribution in [0.15, 0.2) is 6.33 Å². The topological polar surface area (TPSA) is 54.2 Å². The molecule has 1 aromatic rings. The minimum absolute atomic E-state index is 0.328. The third-order valence-electron chi connectivity index (χ3n) is 3.22. The van der Waals surface area contributed by atoms with E-state index in [1.165, 1.54) is 0 Å². The first-order valence-corrected chi connectivity index (χ1v) is 6.98. The molecule has 0 fully saturated rings. The predicted octanol–water partition coefficient (Wildman–Crippen LogP) is 1.32. The van der Waals surface area contributed by atoms with Crippen LogP contribution in [0, 0.1) is 0 Å². The average Bonchev–Trinajstić information content (AvgIpc) is 2.78. The average molecular weight is 254 g/mol. The molecule has 1 atom stereocenters. The van der Waals surface area contributed by atoms with Crippen LogP contribution in [0.3, 0.4) is 0 Å². The summed E-state index contributed by atoms with van der Waals surface area (Å²) in [7, 11) is 0.